The molecule has 0 fully saturated rings. The van der Waals surface area contributed by atoms with Gasteiger partial charge in [0.05, 0.1) is 5.54 Å². The number of alkyl halides is 1. The van der Waals surface area contributed by atoms with Crippen LogP contribution in [0.5, 0.6) is 0 Å². The Morgan fingerprint density at radius 2 is 1.94 bits per heavy atom. The minimum absolute atomic E-state index is 0.0214. The molecule has 0 unspecified atom stereocenters. The number of carbonyl (C=O) groups excluding carboxylic acids is 1. The number of aryl methyl sites for hydroxylation is 2. The fourth-order valence-corrected chi connectivity index (χ4v) is 1.78. The molecule has 0 aliphatic rings. The zero-order valence-electron chi connectivity index (χ0n) is 11.2. The molecule has 0 heterocycles. The summed E-state index contributed by atoms with van der Waals surface area (Å²) in [6, 6.07) is 5.87. The predicted molar refractivity (Wildman–Crippen MR) is 72.8 cm³/mol. The van der Waals surface area contributed by atoms with Gasteiger partial charge in [0.15, 0.2) is 0 Å². The van der Waals surface area contributed by atoms with E-state index >= 15 is 0 Å². The largest absolute Gasteiger partial charge is 0.335 e. The molecule has 1 aromatic rings. The molecule has 0 N–H and O–H groups in total. The maximum absolute atomic E-state index is 12.3. The molecule has 0 aliphatic carbocycles. The number of nitrogens with zero attached hydrogens (tertiary/aromatic N) is 1. The van der Waals surface area contributed by atoms with Gasteiger partial charge in [-0.25, -0.2) is 0 Å². The van der Waals surface area contributed by atoms with E-state index in [-0.39, 0.29) is 11.4 Å². The van der Waals surface area contributed by atoms with Crippen LogP contribution < -0.4 is 0 Å². The van der Waals surface area contributed by atoms with Crippen LogP contribution in [-0.4, -0.2) is 29.3 Å². The quantitative estimate of drug-likeness (QED) is 0.757. The Bertz CT molecular complexity index is 426. The summed E-state index contributed by atoms with van der Waals surface area (Å²) in [5, 5.41) is 0. The molecular formula is C14H20ClNO. The van der Waals surface area contributed by atoms with Crippen LogP contribution in [0.15, 0.2) is 18.2 Å². The first-order valence-corrected chi connectivity index (χ1v) is 6.24. The highest BCUT2D eigenvalue weighted by Crippen LogP contribution is 2.19. The maximum atomic E-state index is 12.3. The lowest BCUT2D eigenvalue weighted by Gasteiger charge is -2.34. The second kappa shape index (κ2) is 5.09. The van der Waals surface area contributed by atoms with Crippen molar-refractivity contribution in [3.8, 4) is 0 Å². The Morgan fingerprint density at radius 1 is 1.35 bits per heavy atom. The number of hydrogen-bond acceptors (Lipinski definition) is 1. The van der Waals surface area contributed by atoms with Crippen molar-refractivity contribution in [2.75, 3.05) is 12.9 Å². The topological polar surface area (TPSA) is 20.3 Å². The van der Waals surface area contributed by atoms with Crippen molar-refractivity contribution in [1.29, 1.82) is 0 Å². The van der Waals surface area contributed by atoms with E-state index in [0.717, 1.165) is 11.1 Å². The summed E-state index contributed by atoms with van der Waals surface area (Å²) in [6.07, 6.45) is 0. The van der Waals surface area contributed by atoms with Crippen LogP contribution in [-0.2, 0) is 0 Å². The average molecular weight is 254 g/mol. The third-order valence-corrected chi connectivity index (χ3v) is 3.81. The maximum Gasteiger partial charge on any atom is 0.254 e. The van der Waals surface area contributed by atoms with Gasteiger partial charge >= 0.3 is 0 Å². The molecule has 0 saturated carbocycles. The number of carbonyl (C=O) groups is 1. The van der Waals surface area contributed by atoms with Gasteiger partial charge in [-0.05, 0) is 39.3 Å². The summed E-state index contributed by atoms with van der Waals surface area (Å²) in [4.78, 5) is 14.1. The van der Waals surface area contributed by atoms with E-state index in [2.05, 4.69) is 0 Å². The first kappa shape index (κ1) is 14.0. The molecule has 1 rings (SSSR count). The molecule has 0 spiro atoms. The van der Waals surface area contributed by atoms with Gasteiger partial charge in [0, 0.05) is 18.5 Å². The normalized spacial score (nSPS) is 11.4. The van der Waals surface area contributed by atoms with Gasteiger partial charge in [-0.2, -0.15) is 0 Å². The molecule has 0 radical (unpaired) electrons. The first-order valence-electron chi connectivity index (χ1n) is 5.71. The first-order chi connectivity index (χ1) is 7.79. The van der Waals surface area contributed by atoms with Gasteiger partial charge in [-0.15, -0.1) is 11.6 Å². The number of benzene rings is 1. The lowest BCUT2D eigenvalue weighted by atomic mass is 10.0. The lowest BCUT2D eigenvalue weighted by molar-refractivity contribution is 0.0659. The molecule has 0 bridgehead atoms. The summed E-state index contributed by atoms with van der Waals surface area (Å²) in [6.45, 7) is 7.90. The highest BCUT2D eigenvalue weighted by molar-refractivity contribution is 6.18. The van der Waals surface area contributed by atoms with E-state index in [9.17, 15) is 4.79 Å². The van der Waals surface area contributed by atoms with Crippen molar-refractivity contribution in [3.05, 3.63) is 34.9 Å². The summed E-state index contributed by atoms with van der Waals surface area (Å²) in [7, 11) is 1.80. The number of halogens is 1. The van der Waals surface area contributed by atoms with Crippen molar-refractivity contribution in [1.82, 2.24) is 4.90 Å². The summed E-state index contributed by atoms with van der Waals surface area (Å²) in [5.74, 6) is 0.438. The van der Waals surface area contributed by atoms with Crippen molar-refractivity contribution < 1.29 is 4.79 Å². The molecular weight excluding hydrogens is 234 g/mol. The van der Waals surface area contributed by atoms with Crippen molar-refractivity contribution in [3.63, 3.8) is 0 Å². The highest BCUT2D eigenvalue weighted by Gasteiger charge is 2.27. The van der Waals surface area contributed by atoms with E-state index in [1.54, 1.807) is 11.9 Å². The second-order valence-corrected chi connectivity index (χ2v) is 5.40. The van der Waals surface area contributed by atoms with Gasteiger partial charge in [0.2, 0.25) is 0 Å². The molecule has 2 nitrogen and oxygen atoms in total. The summed E-state index contributed by atoms with van der Waals surface area (Å²) in [5.41, 5.74) is 2.58. The van der Waals surface area contributed by atoms with Crippen LogP contribution in [0.4, 0.5) is 0 Å². The number of rotatable bonds is 3. The minimum atomic E-state index is -0.337. The number of amides is 1. The van der Waals surface area contributed by atoms with E-state index in [1.165, 1.54) is 5.56 Å². The molecule has 1 amide bonds. The average Bonchev–Trinajstić information content (AvgIpc) is 2.27. The van der Waals surface area contributed by atoms with Crippen LogP contribution in [0.25, 0.3) is 0 Å². The second-order valence-electron chi connectivity index (χ2n) is 5.13. The molecule has 0 atom stereocenters. The monoisotopic (exact) mass is 253 g/mol. The molecule has 1 aromatic carbocycles. The molecule has 17 heavy (non-hydrogen) atoms. The standard InChI is InChI=1S/C14H20ClNO/c1-10-6-7-12(11(2)8-10)13(17)16(5)14(3,4)9-15/h6-8H,9H2,1-5H3. The van der Waals surface area contributed by atoms with Crippen LogP contribution in [0.1, 0.15) is 35.3 Å². The third-order valence-electron chi connectivity index (χ3n) is 3.15. The van der Waals surface area contributed by atoms with Crippen molar-refractivity contribution in [2.24, 2.45) is 0 Å². The molecule has 94 valence electrons. The van der Waals surface area contributed by atoms with Gasteiger partial charge < -0.3 is 4.90 Å². The Labute approximate surface area is 109 Å². The van der Waals surface area contributed by atoms with Gasteiger partial charge in [-0.3, -0.25) is 4.79 Å². The van der Waals surface area contributed by atoms with E-state index in [0.29, 0.717) is 5.88 Å². The summed E-state index contributed by atoms with van der Waals surface area (Å²) < 4.78 is 0. The van der Waals surface area contributed by atoms with Gasteiger partial charge in [0.25, 0.3) is 5.91 Å². The van der Waals surface area contributed by atoms with Gasteiger partial charge in [-0.1, -0.05) is 17.7 Å². The molecule has 0 aliphatic heterocycles. The van der Waals surface area contributed by atoms with Crippen LogP contribution in [0.2, 0.25) is 0 Å². The van der Waals surface area contributed by atoms with E-state index in [4.69, 9.17) is 11.6 Å². The zero-order chi connectivity index (χ0) is 13.2. The Hall–Kier alpha value is -1.02. The minimum Gasteiger partial charge on any atom is -0.335 e. The van der Waals surface area contributed by atoms with Crippen LogP contribution in [0, 0.1) is 13.8 Å². The summed E-state index contributed by atoms with van der Waals surface area (Å²) >= 11 is 5.89. The predicted octanol–water partition coefficient (Wildman–Crippen LogP) is 3.39. The fraction of sp³-hybridized carbons (Fsp3) is 0.500. The molecule has 0 aromatic heterocycles. The Morgan fingerprint density at radius 3 is 2.41 bits per heavy atom. The lowest BCUT2D eigenvalue weighted by Crippen LogP contribution is -2.46. The Balaban J connectivity index is 3.05. The molecule has 3 heteroatoms. The van der Waals surface area contributed by atoms with Crippen LogP contribution in [0.3, 0.4) is 0 Å². The third kappa shape index (κ3) is 3.01. The SMILES string of the molecule is Cc1ccc(C(=O)N(C)C(C)(C)CCl)c(C)c1. The highest BCUT2D eigenvalue weighted by atomic mass is 35.5. The van der Waals surface area contributed by atoms with Crippen LogP contribution >= 0.6 is 11.6 Å². The van der Waals surface area contributed by atoms with E-state index < -0.39 is 0 Å². The van der Waals surface area contributed by atoms with Crippen molar-refractivity contribution in [2.45, 2.75) is 33.2 Å². The fourth-order valence-electron chi connectivity index (χ4n) is 1.60. The van der Waals surface area contributed by atoms with Gasteiger partial charge in [0.1, 0.15) is 0 Å². The molecule has 0 saturated heterocycles. The Kier molecular flexibility index (Phi) is 4.21. The number of hydrogen-bond donors (Lipinski definition) is 0. The zero-order valence-corrected chi connectivity index (χ0v) is 11.9. The van der Waals surface area contributed by atoms with Crippen molar-refractivity contribution >= 4 is 17.5 Å². The smallest absolute Gasteiger partial charge is 0.254 e. The van der Waals surface area contributed by atoms with E-state index in [1.807, 2.05) is 45.9 Å².